The molecule has 20 heavy (non-hydrogen) atoms. The third-order valence-corrected chi connectivity index (χ3v) is 3.34. The van der Waals surface area contributed by atoms with E-state index in [9.17, 15) is 0 Å². The monoisotopic (exact) mass is 275 g/mol. The number of aliphatic hydroxyl groups excluding tert-OH is 1. The molecule has 5 heteroatoms. The van der Waals surface area contributed by atoms with Gasteiger partial charge in [0.1, 0.15) is 0 Å². The maximum atomic E-state index is 8.97. The molecule has 2 rings (SSSR count). The number of hydrogen-bond acceptors (Lipinski definition) is 5. The van der Waals surface area contributed by atoms with Gasteiger partial charge in [-0.15, -0.1) is 0 Å². The van der Waals surface area contributed by atoms with Crippen LogP contribution in [0.25, 0.3) is 0 Å². The number of rotatable bonds is 7. The third kappa shape index (κ3) is 3.88. The Balaban J connectivity index is 2.00. The van der Waals surface area contributed by atoms with Crippen LogP contribution < -0.4 is 0 Å². The third-order valence-electron chi connectivity index (χ3n) is 3.34. The first-order valence-corrected chi connectivity index (χ1v) is 6.92. The summed E-state index contributed by atoms with van der Waals surface area (Å²) in [4.78, 5) is 6.49. The van der Waals surface area contributed by atoms with Crippen LogP contribution in [-0.2, 0) is 13.0 Å². The summed E-state index contributed by atoms with van der Waals surface area (Å²) < 4.78 is 5.30. The van der Waals surface area contributed by atoms with E-state index in [1.54, 1.807) is 0 Å². The molecule has 0 radical (unpaired) electrons. The largest absolute Gasteiger partial charge is 0.395 e. The minimum atomic E-state index is 0.141. The first-order valence-electron chi connectivity index (χ1n) is 6.92. The van der Waals surface area contributed by atoms with Crippen molar-refractivity contribution in [3.05, 3.63) is 47.1 Å². The van der Waals surface area contributed by atoms with E-state index >= 15 is 0 Å². The predicted molar refractivity (Wildman–Crippen MR) is 76.3 cm³/mol. The van der Waals surface area contributed by atoms with Crippen molar-refractivity contribution >= 4 is 0 Å². The van der Waals surface area contributed by atoms with Crippen LogP contribution in [0.5, 0.6) is 0 Å². The molecule has 0 spiro atoms. The molecule has 108 valence electrons. The smallest absolute Gasteiger partial charge is 0.231 e. The second-order valence-electron chi connectivity index (χ2n) is 4.80. The molecule has 0 saturated carbocycles. The minimum Gasteiger partial charge on any atom is -0.395 e. The molecule has 0 aliphatic heterocycles. The van der Waals surface area contributed by atoms with Crippen LogP contribution in [0, 0.1) is 6.92 Å². The molecule has 0 amide bonds. The Kier molecular flexibility index (Phi) is 5.26. The zero-order chi connectivity index (χ0) is 14.4. The Labute approximate surface area is 119 Å². The predicted octanol–water partition coefficient (Wildman–Crippen LogP) is 1.78. The zero-order valence-electron chi connectivity index (χ0n) is 12.0. The van der Waals surface area contributed by atoms with E-state index in [0.29, 0.717) is 31.2 Å². The fraction of sp³-hybridized carbons (Fsp3) is 0.467. The molecule has 0 aliphatic carbocycles. The highest BCUT2D eigenvalue weighted by molar-refractivity contribution is 5.27. The van der Waals surface area contributed by atoms with E-state index in [1.807, 2.05) is 19.1 Å². The molecule has 5 nitrogen and oxygen atoms in total. The van der Waals surface area contributed by atoms with Crippen LogP contribution in [0.1, 0.15) is 29.8 Å². The van der Waals surface area contributed by atoms with Gasteiger partial charge < -0.3 is 9.63 Å². The van der Waals surface area contributed by atoms with Crippen molar-refractivity contribution in [1.29, 1.82) is 0 Å². The lowest BCUT2D eigenvalue weighted by Gasteiger charge is -2.16. The van der Waals surface area contributed by atoms with Gasteiger partial charge in [-0.25, -0.2) is 0 Å². The normalized spacial score (nSPS) is 11.2. The van der Waals surface area contributed by atoms with Crippen LogP contribution in [-0.4, -0.2) is 39.8 Å². The Morgan fingerprint density at radius 2 is 2.10 bits per heavy atom. The van der Waals surface area contributed by atoms with Gasteiger partial charge in [-0.2, -0.15) is 4.98 Å². The van der Waals surface area contributed by atoms with Crippen molar-refractivity contribution < 1.29 is 9.63 Å². The summed E-state index contributed by atoms with van der Waals surface area (Å²) in [6.07, 6.45) is 0.659. The highest BCUT2D eigenvalue weighted by atomic mass is 16.5. The quantitative estimate of drug-likeness (QED) is 0.834. The number of nitrogens with zero attached hydrogens (tertiary/aromatic N) is 3. The summed E-state index contributed by atoms with van der Waals surface area (Å²) in [7, 11) is 0. The molecular weight excluding hydrogens is 254 g/mol. The molecule has 1 N–H and O–H groups in total. The molecular formula is C15H21N3O2. The lowest BCUT2D eigenvalue weighted by atomic mass is 10.1. The summed E-state index contributed by atoms with van der Waals surface area (Å²) in [5.74, 6) is 1.30. The highest BCUT2D eigenvalue weighted by Gasteiger charge is 2.11. The van der Waals surface area contributed by atoms with Crippen molar-refractivity contribution in [3.63, 3.8) is 0 Å². The van der Waals surface area contributed by atoms with Crippen molar-refractivity contribution in [3.8, 4) is 0 Å². The van der Waals surface area contributed by atoms with E-state index in [1.165, 1.54) is 11.1 Å². The van der Waals surface area contributed by atoms with Gasteiger partial charge in [0.25, 0.3) is 0 Å². The maximum absolute atomic E-state index is 8.97. The maximum Gasteiger partial charge on any atom is 0.231 e. The SMILES string of the molecule is CCN(CCO)Cc1noc(Cc2ccccc2C)n1. The van der Waals surface area contributed by atoms with Gasteiger partial charge in [0.05, 0.1) is 19.6 Å². The Hall–Kier alpha value is -1.72. The number of likely N-dealkylation sites (N-methyl/N-ethyl adjacent to an activating group) is 1. The molecule has 0 aliphatic rings. The van der Waals surface area contributed by atoms with Crippen LogP contribution in [0.15, 0.2) is 28.8 Å². The fourth-order valence-corrected chi connectivity index (χ4v) is 2.09. The van der Waals surface area contributed by atoms with Gasteiger partial charge in [0.15, 0.2) is 5.82 Å². The van der Waals surface area contributed by atoms with Crippen molar-refractivity contribution in [2.24, 2.45) is 0 Å². The topological polar surface area (TPSA) is 62.4 Å². The van der Waals surface area contributed by atoms with Crippen LogP contribution >= 0.6 is 0 Å². The Morgan fingerprint density at radius 1 is 1.30 bits per heavy atom. The molecule has 1 aromatic heterocycles. The zero-order valence-corrected chi connectivity index (χ0v) is 12.0. The summed E-state index contributed by atoms with van der Waals surface area (Å²) in [6, 6.07) is 8.18. The standard InChI is InChI=1S/C15H21N3O2/c1-3-18(8-9-19)11-14-16-15(20-17-14)10-13-7-5-4-6-12(13)2/h4-7,19H,3,8-11H2,1-2H3. The Morgan fingerprint density at radius 3 is 2.80 bits per heavy atom. The minimum absolute atomic E-state index is 0.141. The number of aromatic nitrogens is 2. The average Bonchev–Trinajstić information content (AvgIpc) is 2.88. The van der Waals surface area contributed by atoms with E-state index in [4.69, 9.17) is 9.63 Å². The van der Waals surface area contributed by atoms with Gasteiger partial charge >= 0.3 is 0 Å². The van der Waals surface area contributed by atoms with Crippen LogP contribution in [0.2, 0.25) is 0 Å². The van der Waals surface area contributed by atoms with E-state index < -0.39 is 0 Å². The lowest BCUT2D eigenvalue weighted by Crippen LogP contribution is -2.26. The molecule has 0 fully saturated rings. The molecule has 2 aromatic rings. The number of hydrogen-bond donors (Lipinski definition) is 1. The van der Waals surface area contributed by atoms with Crippen molar-refractivity contribution in [2.45, 2.75) is 26.8 Å². The molecule has 1 aromatic carbocycles. The molecule has 1 heterocycles. The molecule has 0 saturated heterocycles. The van der Waals surface area contributed by atoms with Crippen molar-refractivity contribution in [1.82, 2.24) is 15.0 Å². The van der Waals surface area contributed by atoms with Gasteiger partial charge in [-0.1, -0.05) is 36.3 Å². The molecule has 0 atom stereocenters. The van der Waals surface area contributed by atoms with Gasteiger partial charge in [-0.3, -0.25) is 4.90 Å². The number of aryl methyl sites for hydroxylation is 1. The Bertz CT molecular complexity index is 539. The fourth-order valence-electron chi connectivity index (χ4n) is 2.09. The number of benzene rings is 1. The van der Waals surface area contributed by atoms with E-state index in [2.05, 4.69) is 34.1 Å². The number of aliphatic hydroxyl groups is 1. The first-order chi connectivity index (χ1) is 9.72. The summed E-state index contributed by atoms with van der Waals surface area (Å²) in [6.45, 7) is 6.34. The second kappa shape index (κ2) is 7.17. The first kappa shape index (κ1) is 14.7. The van der Waals surface area contributed by atoms with Gasteiger partial charge in [-0.05, 0) is 24.6 Å². The second-order valence-corrected chi connectivity index (χ2v) is 4.80. The molecule has 0 unspecified atom stereocenters. The summed E-state index contributed by atoms with van der Waals surface area (Å²) in [5, 5.41) is 13.0. The average molecular weight is 275 g/mol. The lowest BCUT2D eigenvalue weighted by molar-refractivity contribution is 0.192. The molecule has 0 bridgehead atoms. The summed E-state index contributed by atoms with van der Waals surface area (Å²) in [5.41, 5.74) is 2.42. The van der Waals surface area contributed by atoms with Crippen LogP contribution in [0.3, 0.4) is 0 Å². The van der Waals surface area contributed by atoms with Crippen molar-refractivity contribution in [2.75, 3.05) is 19.7 Å². The van der Waals surface area contributed by atoms with Gasteiger partial charge in [0.2, 0.25) is 5.89 Å². The van der Waals surface area contributed by atoms with E-state index in [-0.39, 0.29) is 6.61 Å². The van der Waals surface area contributed by atoms with Gasteiger partial charge in [0, 0.05) is 6.54 Å². The summed E-state index contributed by atoms with van der Waals surface area (Å²) >= 11 is 0. The highest BCUT2D eigenvalue weighted by Crippen LogP contribution is 2.12. The van der Waals surface area contributed by atoms with Crippen LogP contribution in [0.4, 0.5) is 0 Å². The van der Waals surface area contributed by atoms with E-state index in [0.717, 1.165) is 6.54 Å².